The smallest absolute Gasteiger partial charge is 0.206 e. The molecule has 2 aromatic rings. The van der Waals surface area contributed by atoms with Crippen LogP contribution in [-0.4, -0.2) is 5.25 Å². The lowest BCUT2D eigenvalue weighted by molar-refractivity contribution is 0.568. The maximum atomic E-state index is 12.4. The van der Waals surface area contributed by atoms with Gasteiger partial charge in [0.1, 0.15) is 11.3 Å². The van der Waals surface area contributed by atoms with Crippen molar-refractivity contribution in [1.29, 1.82) is 0 Å². The first kappa shape index (κ1) is 10.7. The van der Waals surface area contributed by atoms with E-state index >= 15 is 0 Å². The minimum atomic E-state index is 0.0890. The Hall–Kier alpha value is -1.48. The lowest BCUT2D eigenvalue weighted by Gasteiger charge is -2.17. The van der Waals surface area contributed by atoms with Gasteiger partial charge in [0.05, 0.1) is 10.3 Å². The Labute approximate surface area is 103 Å². The van der Waals surface area contributed by atoms with Crippen molar-refractivity contribution in [2.75, 3.05) is 0 Å². The quantitative estimate of drug-likeness (QED) is 0.708. The normalized spacial score (nSPS) is 18.9. The number of allylic oxidation sites excluding steroid dienone is 1. The first-order chi connectivity index (χ1) is 8.16. The summed E-state index contributed by atoms with van der Waals surface area (Å²) in [5.74, 6) is 0.733. The minimum Gasteiger partial charge on any atom is -0.455 e. The molecule has 0 aliphatic carbocycles. The average Bonchev–Trinajstić information content (AvgIpc) is 2.31. The van der Waals surface area contributed by atoms with Gasteiger partial charge in [-0.1, -0.05) is 18.2 Å². The fourth-order valence-electron chi connectivity index (χ4n) is 2.14. The van der Waals surface area contributed by atoms with E-state index in [2.05, 4.69) is 13.0 Å². The Balaban J connectivity index is 2.42. The van der Waals surface area contributed by atoms with Crippen molar-refractivity contribution in [2.45, 2.75) is 24.0 Å². The van der Waals surface area contributed by atoms with E-state index in [1.54, 1.807) is 11.8 Å². The second kappa shape index (κ2) is 3.77. The van der Waals surface area contributed by atoms with E-state index in [1.165, 1.54) is 0 Å². The second-order valence-electron chi connectivity index (χ2n) is 4.26. The van der Waals surface area contributed by atoms with Gasteiger partial charge in [0.2, 0.25) is 5.43 Å². The zero-order chi connectivity index (χ0) is 12.0. The number of thioether (sulfide) groups is 1. The number of hydrogen-bond acceptors (Lipinski definition) is 3. The predicted molar refractivity (Wildman–Crippen MR) is 71.5 cm³/mol. The molecule has 1 aromatic carbocycles. The van der Waals surface area contributed by atoms with Crippen LogP contribution in [0.1, 0.15) is 19.6 Å². The third-order valence-electron chi connectivity index (χ3n) is 2.90. The summed E-state index contributed by atoms with van der Waals surface area (Å²) in [5.41, 5.74) is 1.81. The summed E-state index contributed by atoms with van der Waals surface area (Å²) in [4.78, 5) is 13.1. The van der Waals surface area contributed by atoms with Gasteiger partial charge in [0.25, 0.3) is 0 Å². The van der Waals surface area contributed by atoms with Gasteiger partial charge in [-0.15, -0.1) is 11.8 Å². The second-order valence-corrected chi connectivity index (χ2v) is 5.65. The molecular weight excluding hydrogens is 232 g/mol. The van der Waals surface area contributed by atoms with Gasteiger partial charge in [-0.2, -0.15) is 0 Å². The standard InChI is InChI=1S/C14H12O2S/c1-8-7-9(2)17-14-12(15)10-5-3-4-6-11(10)16-13(8)14/h3-7,9H,1-2H3. The zero-order valence-corrected chi connectivity index (χ0v) is 10.5. The summed E-state index contributed by atoms with van der Waals surface area (Å²) in [5, 5.41) is 0.993. The molecule has 2 nitrogen and oxygen atoms in total. The molecule has 1 aliphatic rings. The highest BCUT2D eigenvalue weighted by molar-refractivity contribution is 8.00. The topological polar surface area (TPSA) is 30.2 Å². The van der Waals surface area contributed by atoms with E-state index < -0.39 is 0 Å². The molecule has 1 aromatic heterocycles. The first-order valence-corrected chi connectivity index (χ1v) is 6.46. The van der Waals surface area contributed by atoms with Crippen LogP contribution in [0, 0.1) is 0 Å². The molecule has 1 unspecified atom stereocenters. The first-order valence-electron chi connectivity index (χ1n) is 5.58. The highest BCUT2D eigenvalue weighted by atomic mass is 32.2. The summed E-state index contributed by atoms with van der Waals surface area (Å²) in [6, 6.07) is 7.41. The molecule has 1 aliphatic heterocycles. The van der Waals surface area contributed by atoms with Crippen molar-refractivity contribution < 1.29 is 4.42 Å². The molecular formula is C14H12O2S. The van der Waals surface area contributed by atoms with Crippen LogP contribution in [0.25, 0.3) is 16.5 Å². The molecule has 3 heteroatoms. The fraction of sp³-hybridized carbons (Fsp3) is 0.214. The molecule has 17 heavy (non-hydrogen) atoms. The van der Waals surface area contributed by atoms with Gasteiger partial charge in [-0.25, -0.2) is 0 Å². The molecule has 0 saturated heterocycles. The van der Waals surface area contributed by atoms with Gasteiger partial charge in [-0.3, -0.25) is 4.79 Å². The lowest BCUT2D eigenvalue weighted by atomic mass is 10.1. The predicted octanol–water partition coefficient (Wildman–Crippen LogP) is 3.69. The van der Waals surface area contributed by atoms with Crippen LogP contribution in [0.4, 0.5) is 0 Å². The van der Waals surface area contributed by atoms with Crippen LogP contribution >= 0.6 is 11.8 Å². The third-order valence-corrected chi connectivity index (χ3v) is 4.02. The molecule has 0 spiro atoms. The number of hydrogen-bond donors (Lipinski definition) is 0. The Morgan fingerprint density at radius 2 is 2.06 bits per heavy atom. The fourth-order valence-corrected chi connectivity index (χ4v) is 3.31. The van der Waals surface area contributed by atoms with Crippen LogP contribution in [0.2, 0.25) is 0 Å². The Morgan fingerprint density at radius 1 is 1.29 bits per heavy atom. The van der Waals surface area contributed by atoms with E-state index in [4.69, 9.17) is 4.42 Å². The van der Waals surface area contributed by atoms with Crippen LogP contribution in [0.15, 0.2) is 44.4 Å². The molecule has 0 radical (unpaired) electrons. The number of para-hydroxylation sites is 1. The molecule has 86 valence electrons. The minimum absolute atomic E-state index is 0.0890. The van der Waals surface area contributed by atoms with Crippen molar-refractivity contribution >= 4 is 28.3 Å². The van der Waals surface area contributed by atoms with Crippen molar-refractivity contribution in [3.8, 4) is 0 Å². The Bertz CT molecular complexity index is 682. The van der Waals surface area contributed by atoms with E-state index in [9.17, 15) is 4.79 Å². The van der Waals surface area contributed by atoms with Crippen LogP contribution in [0.5, 0.6) is 0 Å². The monoisotopic (exact) mass is 244 g/mol. The van der Waals surface area contributed by atoms with Gasteiger partial charge in [0, 0.05) is 5.25 Å². The average molecular weight is 244 g/mol. The lowest BCUT2D eigenvalue weighted by Crippen LogP contribution is -2.12. The maximum absolute atomic E-state index is 12.4. The summed E-state index contributed by atoms with van der Waals surface area (Å²) < 4.78 is 5.84. The van der Waals surface area contributed by atoms with Gasteiger partial charge >= 0.3 is 0 Å². The highest BCUT2D eigenvalue weighted by Crippen LogP contribution is 2.36. The molecule has 1 atom stereocenters. The van der Waals surface area contributed by atoms with Crippen molar-refractivity contribution in [2.24, 2.45) is 0 Å². The Kier molecular flexibility index (Phi) is 2.37. The van der Waals surface area contributed by atoms with Crippen molar-refractivity contribution in [1.82, 2.24) is 0 Å². The van der Waals surface area contributed by atoms with Crippen LogP contribution < -0.4 is 5.43 Å². The van der Waals surface area contributed by atoms with Gasteiger partial charge in [-0.05, 0) is 31.6 Å². The molecule has 0 N–H and O–H groups in total. The van der Waals surface area contributed by atoms with Crippen molar-refractivity contribution in [3.63, 3.8) is 0 Å². The van der Waals surface area contributed by atoms with E-state index in [-0.39, 0.29) is 5.43 Å². The summed E-state index contributed by atoms with van der Waals surface area (Å²) in [6.45, 7) is 4.08. The SMILES string of the molecule is CC1=CC(C)Sc2c1oc1ccccc1c2=O. The largest absolute Gasteiger partial charge is 0.455 e. The van der Waals surface area contributed by atoms with Crippen LogP contribution in [-0.2, 0) is 0 Å². The van der Waals surface area contributed by atoms with Gasteiger partial charge < -0.3 is 4.42 Å². The summed E-state index contributed by atoms with van der Waals surface area (Å²) in [7, 11) is 0. The molecule has 0 fully saturated rings. The molecule has 0 amide bonds. The number of rotatable bonds is 0. The Morgan fingerprint density at radius 3 is 2.88 bits per heavy atom. The molecule has 3 rings (SSSR count). The summed E-state index contributed by atoms with van der Waals surface area (Å²) in [6.07, 6.45) is 2.13. The molecule has 0 saturated carbocycles. The molecule has 0 bridgehead atoms. The molecule has 2 heterocycles. The maximum Gasteiger partial charge on any atom is 0.206 e. The van der Waals surface area contributed by atoms with Gasteiger partial charge in [0.15, 0.2) is 0 Å². The zero-order valence-electron chi connectivity index (χ0n) is 9.69. The van der Waals surface area contributed by atoms with E-state index in [1.807, 2.05) is 31.2 Å². The number of benzene rings is 1. The highest BCUT2D eigenvalue weighted by Gasteiger charge is 2.21. The number of fused-ring (bicyclic) bond motifs is 2. The third kappa shape index (κ3) is 1.62. The van der Waals surface area contributed by atoms with Crippen molar-refractivity contribution in [3.05, 3.63) is 46.3 Å². The summed E-state index contributed by atoms with van der Waals surface area (Å²) >= 11 is 1.57. The van der Waals surface area contributed by atoms with Crippen LogP contribution in [0.3, 0.4) is 0 Å². The van der Waals surface area contributed by atoms with E-state index in [0.717, 1.165) is 16.2 Å². The van der Waals surface area contributed by atoms with E-state index in [0.29, 0.717) is 16.2 Å².